The number of alkyl halides is 1. The summed E-state index contributed by atoms with van der Waals surface area (Å²) in [5.74, 6) is -1.08. The molecule has 24 heavy (non-hydrogen) atoms. The van der Waals surface area contributed by atoms with E-state index in [2.05, 4.69) is 0 Å². The normalized spacial score (nSPS) is 30.3. The monoisotopic (exact) mass is 362 g/mol. The number of fused-ring (bicyclic) bond motifs is 2. The molecule has 3 aliphatic rings. The van der Waals surface area contributed by atoms with E-state index in [1.807, 2.05) is 0 Å². The summed E-state index contributed by atoms with van der Waals surface area (Å²) in [4.78, 5) is 30.6. The van der Waals surface area contributed by atoms with Crippen molar-refractivity contribution < 1.29 is 27.8 Å². The quantitative estimate of drug-likeness (QED) is 0.696. The van der Waals surface area contributed by atoms with Gasteiger partial charge in [-0.15, -0.1) is 0 Å². The maximum Gasteiger partial charge on any atom is 0.371 e. The number of piperidine rings is 1. The predicted octanol–water partition coefficient (Wildman–Crippen LogP) is 1.69. The van der Waals surface area contributed by atoms with Crippen LogP contribution in [-0.2, 0) is 25.2 Å². The van der Waals surface area contributed by atoms with Crippen molar-refractivity contribution in [2.45, 2.75) is 68.8 Å². The largest absolute Gasteiger partial charge is 0.458 e. The molecule has 2 saturated heterocycles. The minimum atomic E-state index is -2.32. The van der Waals surface area contributed by atoms with E-state index in [0.717, 1.165) is 37.2 Å². The molecule has 3 fully saturated rings. The third-order valence-corrected chi connectivity index (χ3v) is 6.13. The lowest BCUT2D eigenvalue weighted by Crippen LogP contribution is -2.42. The summed E-state index contributed by atoms with van der Waals surface area (Å²) in [6.45, 7) is 0.341. The van der Waals surface area contributed by atoms with Crippen LogP contribution in [0.15, 0.2) is 0 Å². The van der Waals surface area contributed by atoms with Crippen molar-refractivity contribution in [2.75, 3.05) is 12.8 Å². The zero-order valence-corrected chi connectivity index (χ0v) is 14.5. The second-order valence-electron chi connectivity index (χ2n) is 6.56. The SMILES string of the molecule is CS(=O)[C@@H]1CC[C@@H]2CN1C(=O)N2O[C@H](F)C(=O)OC1CCCCC1. The molecule has 3 rings (SSSR count). The Morgan fingerprint density at radius 3 is 2.62 bits per heavy atom. The molecule has 0 aromatic carbocycles. The second-order valence-corrected chi connectivity index (χ2v) is 8.10. The number of nitrogens with zero attached hydrogens (tertiary/aromatic N) is 2. The Morgan fingerprint density at radius 1 is 1.25 bits per heavy atom. The van der Waals surface area contributed by atoms with E-state index in [4.69, 9.17) is 9.57 Å². The molecule has 0 aromatic heterocycles. The van der Waals surface area contributed by atoms with Gasteiger partial charge in [0.1, 0.15) is 11.5 Å². The van der Waals surface area contributed by atoms with E-state index in [0.29, 0.717) is 19.4 Å². The maximum absolute atomic E-state index is 14.1. The Hall–Kier alpha value is -1.22. The first-order valence-electron chi connectivity index (χ1n) is 8.40. The number of esters is 1. The van der Waals surface area contributed by atoms with Crippen LogP contribution in [0.1, 0.15) is 44.9 Å². The van der Waals surface area contributed by atoms with E-state index >= 15 is 0 Å². The molecule has 0 radical (unpaired) electrons. The lowest BCUT2D eigenvalue weighted by atomic mass is 9.98. The zero-order chi connectivity index (χ0) is 17.3. The van der Waals surface area contributed by atoms with Gasteiger partial charge in [0, 0.05) is 23.6 Å². The third-order valence-electron chi connectivity index (χ3n) is 4.88. The number of rotatable bonds is 5. The van der Waals surface area contributed by atoms with Gasteiger partial charge in [-0.1, -0.05) is 6.42 Å². The number of hydrogen-bond donors (Lipinski definition) is 0. The van der Waals surface area contributed by atoms with E-state index in [1.165, 1.54) is 4.90 Å². The second kappa shape index (κ2) is 7.35. The number of hydrogen-bond acceptors (Lipinski definition) is 5. The van der Waals surface area contributed by atoms with E-state index < -0.39 is 29.2 Å². The number of halogens is 1. The average Bonchev–Trinajstić information content (AvgIpc) is 2.80. The van der Waals surface area contributed by atoms with Crippen LogP contribution in [0.4, 0.5) is 9.18 Å². The van der Waals surface area contributed by atoms with Crippen LogP contribution in [-0.4, -0.2) is 62.9 Å². The fraction of sp³-hybridized carbons (Fsp3) is 0.867. The summed E-state index contributed by atoms with van der Waals surface area (Å²) in [5, 5.41) is 0.536. The smallest absolute Gasteiger partial charge is 0.371 e. The van der Waals surface area contributed by atoms with Gasteiger partial charge in [-0.25, -0.2) is 18.8 Å². The number of ether oxygens (including phenoxy) is 1. The van der Waals surface area contributed by atoms with Crippen molar-refractivity contribution in [3.8, 4) is 0 Å². The summed E-state index contributed by atoms with van der Waals surface area (Å²) >= 11 is 0. The van der Waals surface area contributed by atoms with E-state index in [9.17, 15) is 18.2 Å². The summed E-state index contributed by atoms with van der Waals surface area (Å²) in [6, 6.07) is -0.858. The summed E-state index contributed by atoms with van der Waals surface area (Å²) < 4.78 is 31.0. The van der Waals surface area contributed by atoms with Crippen molar-refractivity contribution in [3.63, 3.8) is 0 Å². The van der Waals surface area contributed by atoms with E-state index in [1.54, 1.807) is 6.26 Å². The standard InChI is InChI=1S/C15H23FN2O5S/c1-24(21)12-8-7-10-9-17(12)15(20)18(10)23-13(16)14(19)22-11-5-3-2-4-6-11/h10-13H,2-9H2,1H3/t10-,12-,13+,24?/m1/s1. The van der Waals surface area contributed by atoms with Crippen LogP contribution in [0.3, 0.4) is 0 Å². The maximum atomic E-state index is 14.1. The van der Waals surface area contributed by atoms with E-state index in [-0.39, 0.29) is 17.5 Å². The van der Waals surface area contributed by atoms with Gasteiger partial charge < -0.3 is 9.64 Å². The number of urea groups is 1. The highest BCUT2D eigenvalue weighted by molar-refractivity contribution is 7.84. The highest BCUT2D eigenvalue weighted by atomic mass is 32.2. The van der Waals surface area contributed by atoms with Crippen LogP contribution in [0.25, 0.3) is 0 Å². The Balaban J connectivity index is 1.56. The first-order chi connectivity index (χ1) is 11.5. The number of hydroxylamine groups is 2. The molecular weight excluding hydrogens is 339 g/mol. The minimum absolute atomic E-state index is 0.266. The first kappa shape index (κ1) is 17.6. The molecule has 0 spiro atoms. The topological polar surface area (TPSA) is 76.2 Å². The first-order valence-corrected chi connectivity index (χ1v) is 10.0. The van der Waals surface area contributed by atoms with Crippen molar-refractivity contribution >= 4 is 22.8 Å². The molecule has 2 aliphatic heterocycles. The lowest BCUT2D eigenvalue weighted by Gasteiger charge is -2.28. The molecule has 1 aliphatic carbocycles. The minimum Gasteiger partial charge on any atom is -0.458 e. The molecule has 2 heterocycles. The van der Waals surface area contributed by atoms with Gasteiger partial charge in [0.25, 0.3) is 0 Å². The summed E-state index contributed by atoms with van der Waals surface area (Å²) in [6.07, 6.45) is 4.60. The molecule has 9 heteroatoms. The van der Waals surface area contributed by atoms with Crippen LogP contribution < -0.4 is 0 Å². The molecule has 0 aromatic rings. The van der Waals surface area contributed by atoms with Crippen LogP contribution >= 0.6 is 0 Å². The number of carbonyl (C=O) groups is 2. The molecular formula is C15H23FN2O5S. The summed E-state index contributed by atoms with van der Waals surface area (Å²) in [5.41, 5.74) is 0. The Morgan fingerprint density at radius 2 is 1.96 bits per heavy atom. The van der Waals surface area contributed by atoms with Gasteiger partial charge >= 0.3 is 18.4 Å². The third kappa shape index (κ3) is 3.56. The molecule has 2 bridgehead atoms. The number of carbonyl (C=O) groups excluding carboxylic acids is 2. The Bertz CT molecular complexity index is 528. The molecule has 7 nitrogen and oxygen atoms in total. The van der Waals surface area contributed by atoms with Gasteiger partial charge in [0.15, 0.2) is 0 Å². The molecule has 1 unspecified atom stereocenters. The molecule has 0 N–H and O–H groups in total. The molecule has 2 amide bonds. The van der Waals surface area contributed by atoms with Crippen molar-refractivity contribution in [1.29, 1.82) is 0 Å². The summed E-state index contributed by atoms with van der Waals surface area (Å²) in [7, 11) is -1.18. The van der Waals surface area contributed by atoms with Gasteiger partial charge in [0.05, 0.1) is 6.04 Å². The molecule has 4 atom stereocenters. The predicted molar refractivity (Wildman–Crippen MR) is 83.8 cm³/mol. The highest BCUT2D eigenvalue weighted by Gasteiger charge is 2.48. The Labute approximate surface area is 142 Å². The van der Waals surface area contributed by atoms with Crippen molar-refractivity contribution in [2.24, 2.45) is 0 Å². The van der Waals surface area contributed by atoms with Gasteiger partial charge in [0.2, 0.25) is 0 Å². The lowest BCUT2D eigenvalue weighted by molar-refractivity contribution is -0.230. The van der Waals surface area contributed by atoms with Crippen LogP contribution in [0, 0.1) is 0 Å². The van der Waals surface area contributed by atoms with Crippen LogP contribution in [0.5, 0.6) is 0 Å². The number of amides is 2. The van der Waals surface area contributed by atoms with Gasteiger partial charge in [-0.2, -0.15) is 5.06 Å². The van der Waals surface area contributed by atoms with Crippen molar-refractivity contribution in [3.05, 3.63) is 0 Å². The van der Waals surface area contributed by atoms with Crippen LogP contribution in [0.2, 0.25) is 0 Å². The Kier molecular flexibility index (Phi) is 5.39. The van der Waals surface area contributed by atoms with Crippen molar-refractivity contribution in [1.82, 2.24) is 9.96 Å². The zero-order valence-electron chi connectivity index (χ0n) is 13.7. The van der Waals surface area contributed by atoms with Gasteiger partial charge in [-0.3, -0.25) is 4.21 Å². The molecule has 136 valence electrons. The highest BCUT2D eigenvalue weighted by Crippen LogP contribution is 2.32. The fourth-order valence-electron chi connectivity index (χ4n) is 3.62. The molecule has 1 saturated carbocycles. The average molecular weight is 362 g/mol. The van der Waals surface area contributed by atoms with Gasteiger partial charge in [-0.05, 0) is 38.5 Å². The fourth-order valence-corrected chi connectivity index (χ4v) is 4.62.